The van der Waals surface area contributed by atoms with Crippen LogP contribution in [0.15, 0.2) is 24.3 Å². The molecule has 3 rings (SSSR count). The van der Waals surface area contributed by atoms with E-state index in [0.717, 1.165) is 50.2 Å². The van der Waals surface area contributed by atoms with Crippen LogP contribution >= 0.6 is 11.6 Å². The third kappa shape index (κ3) is 4.80. The van der Waals surface area contributed by atoms with Crippen LogP contribution in [0.25, 0.3) is 0 Å². The van der Waals surface area contributed by atoms with E-state index < -0.39 is 0 Å². The molecular weight excluding hydrogens is 346 g/mol. The number of carbonyl (C=O) groups is 1. The highest BCUT2D eigenvalue weighted by Crippen LogP contribution is 2.33. The van der Waals surface area contributed by atoms with Crippen molar-refractivity contribution in [2.45, 2.75) is 64.4 Å². The van der Waals surface area contributed by atoms with E-state index in [9.17, 15) is 9.90 Å². The molecule has 0 radical (unpaired) electrons. The van der Waals surface area contributed by atoms with Crippen molar-refractivity contribution in [2.75, 3.05) is 18.0 Å². The molecular formula is C22H32ClNO2. The third-order valence-corrected chi connectivity index (χ3v) is 6.75. The Bertz CT molecular complexity index is 574. The number of halogens is 1. The number of rotatable bonds is 7. The molecule has 1 N–H and O–H groups in total. The molecule has 3 nitrogen and oxygen atoms in total. The van der Waals surface area contributed by atoms with E-state index >= 15 is 0 Å². The summed E-state index contributed by atoms with van der Waals surface area (Å²) < 4.78 is 0. The summed E-state index contributed by atoms with van der Waals surface area (Å²) in [5.74, 6) is 1.09. The van der Waals surface area contributed by atoms with Crippen molar-refractivity contribution in [1.29, 1.82) is 0 Å². The van der Waals surface area contributed by atoms with Gasteiger partial charge >= 0.3 is 0 Å². The molecule has 1 saturated carbocycles. The zero-order chi connectivity index (χ0) is 18.5. The molecule has 1 heterocycles. The van der Waals surface area contributed by atoms with E-state index in [1.165, 1.54) is 18.5 Å². The first-order valence-corrected chi connectivity index (χ1v) is 10.7. The number of anilines is 1. The Hall–Kier alpha value is -1.06. The number of aliphatic hydroxyl groups excluding tert-OH is 1. The van der Waals surface area contributed by atoms with E-state index in [0.29, 0.717) is 18.1 Å². The van der Waals surface area contributed by atoms with Crippen molar-refractivity contribution in [3.05, 3.63) is 29.3 Å². The van der Waals surface area contributed by atoms with Crippen molar-refractivity contribution < 1.29 is 9.90 Å². The number of Topliss-reactive ketones (excluding diaryl/α,β-unsaturated/α-hetero) is 1. The SMILES string of the molecule is CCC(CC(=O)C1CCCC1)C(O)C1CCN(c2ccc(Cl)cc2)CC1. The summed E-state index contributed by atoms with van der Waals surface area (Å²) in [5, 5.41) is 11.7. The smallest absolute Gasteiger partial charge is 0.136 e. The van der Waals surface area contributed by atoms with E-state index in [-0.39, 0.29) is 17.9 Å². The summed E-state index contributed by atoms with van der Waals surface area (Å²) >= 11 is 5.98. The lowest BCUT2D eigenvalue weighted by atomic mass is 9.79. The summed E-state index contributed by atoms with van der Waals surface area (Å²) in [7, 11) is 0. The first-order valence-electron chi connectivity index (χ1n) is 10.3. The standard InChI is InChI=1S/C22H32ClNO2/c1-2-16(15-21(25)17-5-3-4-6-17)22(26)18-11-13-24(14-12-18)20-9-7-19(23)8-10-20/h7-10,16-18,22,26H,2-6,11-15H2,1H3. The van der Waals surface area contributed by atoms with Crippen molar-refractivity contribution in [2.24, 2.45) is 17.8 Å². The Morgan fingerprint density at radius 2 is 1.77 bits per heavy atom. The minimum absolute atomic E-state index is 0.121. The molecule has 2 unspecified atom stereocenters. The highest BCUT2D eigenvalue weighted by molar-refractivity contribution is 6.30. The molecule has 2 atom stereocenters. The topological polar surface area (TPSA) is 40.5 Å². The van der Waals surface area contributed by atoms with Crippen LogP contribution in [0.2, 0.25) is 5.02 Å². The summed E-state index contributed by atoms with van der Waals surface area (Å²) in [6, 6.07) is 7.99. The number of piperidine rings is 1. The van der Waals surface area contributed by atoms with E-state index in [1.54, 1.807) is 0 Å². The Kier molecular flexibility index (Phi) is 6.99. The number of hydrogen-bond acceptors (Lipinski definition) is 3. The van der Waals surface area contributed by atoms with Gasteiger partial charge in [-0.15, -0.1) is 0 Å². The minimum Gasteiger partial charge on any atom is -0.393 e. The number of nitrogens with zero attached hydrogens (tertiary/aromatic N) is 1. The highest BCUT2D eigenvalue weighted by Gasteiger charge is 2.33. The van der Waals surface area contributed by atoms with Crippen LogP contribution in [0.5, 0.6) is 0 Å². The lowest BCUT2D eigenvalue weighted by Gasteiger charge is -2.38. The van der Waals surface area contributed by atoms with Gasteiger partial charge in [-0.3, -0.25) is 4.79 Å². The normalized spacial score (nSPS) is 21.7. The van der Waals surface area contributed by atoms with Crippen molar-refractivity contribution in [3.8, 4) is 0 Å². The minimum atomic E-state index is -0.349. The molecule has 1 saturated heterocycles. The Morgan fingerprint density at radius 1 is 1.15 bits per heavy atom. The number of carbonyl (C=O) groups excluding carboxylic acids is 1. The Labute approximate surface area is 162 Å². The van der Waals surface area contributed by atoms with Gasteiger partial charge in [0, 0.05) is 36.1 Å². The molecule has 0 spiro atoms. The number of ketones is 1. The van der Waals surface area contributed by atoms with Crippen LogP contribution in [-0.4, -0.2) is 30.1 Å². The summed E-state index contributed by atoms with van der Waals surface area (Å²) in [6.07, 6.45) is 7.58. The zero-order valence-corrected chi connectivity index (χ0v) is 16.6. The van der Waals surface area contributed by atoms with Gasteiger partial charge in [-0.25, -0.2) is 0 Å². The van der Waals surface area contributed by atoms with Crippen LogP contribution in [0.4, 0.5) is 5.69 Å². The molecule has 144 valence electrons. The first kappa shape index (κ1) is 19.7. The molecule has 1 aliphatic carbocycles. The average Bonchev–Trinajstić information content (AvgIpc) is 3.21. The van der Waals surface area contributed by atoms with Gasteiger partial charge in [0.1, 0.15) is 5.78 Å². The maximum atomic E-state index is 12.5. The lowest BCUT2D eigenvalue weighted by Crippen LogP contribution is -2.40. The van der Waals surface area contributed by atoms with Crippen LogP contribution < -0.4 is 4.90 Å². The number of aliphatic hydroxyl groups is 1. The van der Waals surface area contributed by atoms with Crippen LogP contribution in [0.3, 0.4) is 0 Å². The van der Waals surface area contributed by atoms with Gasteiger partial charge in [0.2, 0.25) is 0 Å². The third-order valence-electron chi connectivity index (χ3n) is 6.50. The summed E-state index contributed by atoms with van der Waals surface area (Å²) in [5.41, 5.74) is 1.20. The number of benzene rings is 1. The molecule has 0 amide bonds. The van der Waals surface area contributed by atoms with E-state index in [4.69, 9.17) is 11.6 Å². The quantitative estimate of drug-likeness (QED) is 0.719. The van der Waals surface area contributed by atoms with Crippen molar-refractivity contribution in [3.63, 3.8) is 0 Å². The fourth-order valence-electron chi connectivity index (χ4n) is 4.72. The van der Waals surface area contributed by atoms with E-state index in [2.05, 4.69) is 24.0 Å². The van der Waals surface area contributed by atoms with Gasteiger partial charge < -0.3 is 10.0 Å². The largest absolute Gasteiger partial charge is 0.393 e. The van der Waals surface area contributed by atoms with Gasteiger partial charge in [0.05, 0.1) is 6.10 Å². The number of hydrogen-bond donors (Lipinski definition) is 1. The van der Waals surface area contributed by atoms with Gasteiger partial charge in [0.25, 0.3) is 0 Å². The molecule has 0 aromatic heterocycles. The zero-order valence-electron chi connectivity index (χ0n) is 15.9. The van der Waals surface area contributed by atoms with E-state index in [1.807, 2.05) is 12.1 Å². The van der Waals surface area contributed by atoms with Crippen molar-refractivity contribution >= 4 is 23.1 Å². The van der Waals surface area contributed by atoms with Gasteiger partial charge in [-0.1, -0.05) is 37.8 Å². The summed E-state index contributed by atoms with van der Waals surface area (Å²) in [4.78, 5) is 14.9. The second-order valence-corrected chi connectivity index (χ2v) is 8.55. The maximum absolute atomic E-state index is 12.5. The Morgan fingerprint density at radius 3 is 2.35 bits per heavy atom. The predicted molar refractivity (Wildman–Crippen MR) is 108 cm³/mol. The molecule has 2 fully saturated rings. The summed E-state index contributed by atoms with van der Waals surface area (Å²) in [6.45, 7) is 4.02. The fraction of sp³-hybridized carbons (Fsp3) is 0.682. The maximum Gasteiger partial charge on any atom is 0.136 e. The molecule has 1 aromatic carbocycles. The van der Waals surface area contributed by atoms with Crippen LogP contribution in [-0.2, 0) is 4.79 Å². The Balaban J connectivity index is 1.51. The molecule has 26 heavy (non-hydrogen) atoms. The van der Waals surface area contributed by atoms with Crippen LogP contribution in [0.1, 0.15) is 58.3 Å². The monoisotopic (exact) mass is 377 g/mol. The second kappa shape index (κ2) is 9.23. The van der Waals surface area contributed by atoms with Crippen LogP contribution in [0, 0.1) is 17.8 Å². The lowest BCUT2D eigenvalue weighted by molar-refractivity contribution is -0.125. The van der Waals surface area contributed by atoms with Crippen molar-refractivity contribution in [1.82, 2.24) is 0 Å². The molecule has 2 aliphatic rings. The molecule has 1 aliphatic heterocycles. The second-order valence-electron chi connectivity index (χ2n) is 8.11. The first-order chi connectivity index (χ1) is 12.6. The fourth-order valence-corrected chi connectivity index (χ4v) is 4.84. The molecule has 4 heteroatoms. The highest BCUT2D eigenvalue weighted by atomic mass is 35.5. The van der Waals surface area contributed by atoms with Gasteiger partial charge in [-0.2, -0.15) is 0 Å². The van der Waals surface area contributed by atoms with Gasteiger partial charge in [0.15, 0.2) is 0 Å². The average molecular weight is 378 g/mol. The molecule has 0 bridgehead atoms. The predicted octanol–water partition coefficient (Wildman–Crippen LogP) is 5.09. The van der Waals surface area contributed by atoms with Gasteiger partial charge in [-0.05, 0) is 61.8 Å². The molecule has 1 aromatic rings.